The van der Waals surface area contributed by atoms with E-state index in [4.69, 9.17) is 9.84 Å². The van der Waals surface area contributed by atoms with Gasteiger partial charge in [-0.3, -0.25) is 9.69 Å². The van der Waals surface area contributed by atoms with E-state index in [1.807, 2.05) is 24.0 Å². The number of phenolic OH excluding ortho intramolecular Hbond substituents is 1. The Morgan fingerprint density at radius 2 is 2.22 bits per heavy atom. The predicted molar refractivity (Wildman–Crippen MR) is 65.7 cm³/mol. The summed E-state index contributed by atoms with van der Waals surface area (Å²) >= 11 is 0. The number of carbonyl (C=O) groups is 1. The van der Waals surface area contributed by atoms with Crippen molar-refractivity contribution in [1.29, 1.82) is 0 Å². The number of likely N-dealkylation sites (tertiary alicyclic amines) is 1. The monoisotopic (exact) mass is 251 g/mol. The number of nitrogens with zero attached hydrogens (tertiary/aromatic N) is 1. The number of ether oxygens (including phenoxy) is 1. The fraction of sp³-hybridized carbons (Fsp3) is 0.462. The molecule has 1 saturated heterocycles. The summed E-state index contributed by atoms with van der Waals surface area (Å²) in [4.78, 5) is 12.7. The Kier molecular flexibility index (Phi) is 3.72. The first-order chi connectivity index (χ1) is 8.61. The quantitative estimate of drug-likeness (QED) is 0.825. The SMILES string of the molecule is CCOc1cccc(CN2CC(C(=O)O)C2)c1O. The molecule has 5 nitrogen and oxygen atoms in total. The molecule has 1 aromatic carbocycles. The highest BCUT2D eigenvalue weighted by atomic mass is 16.5. The maximum Gasteiger partial charge on any atom is 0.309 e. The molecule has 2 N–H and O–H groups in total. The smallest absolute Gasteiger partial charge is 0.309 e. The van der Waals surface area contributed by atoms with Crippen molar-refractivity contribution in [1.82, 2.24) is 4.90 Å². The normalized spacial score (nSPS) is 16.3. The largest absolute Gasteiger partial charge is 0.504 e. The zero-order chi connectivity index (χ0) is 13.1. The van der Waals surface area contributed by atoms with E-state index in [-0.39, 0.29) is 11.7 Å². The number of hydrogen-bond donors (Lipinski definition) is 2. The van der Waals surface area contributed by atoms with Crippen LogP contribution in [-0.2, 0) is 11.3 Å². The number of para-hydroxylation sites is 1. The number of carboxylic acids is 1. The van der Waals surface area contributed by atoms with Crippen LogP contribution in [0.5, 0.6) is 11.5 Å². The Balaban J connectivity index is 1.98. The number of phenols is 1. The fourth-order valence-corrected chi connectivity index (χ4v) is 2.06. The van der Waals surface area contributed by atoms with Gasteiger partial charge in [0.05, 0.1) is 12.5 Å². The number of benzene rings is 1. The van der Waals surface area contributed by atoms with E-state index >= 15 is 0 Å². The van der Waals surface area contributed by atoms with E-state index in [0.717, 1.165) is 5.56 Å². The maximum atomic E-state index is 10.7. The van der Waals surface area contributed by atoms with Crippen LogP contribution in [-0.4, -0.2) is 40.8 Å². The molecule has 98 valence electrons. The summed E-state index contributed by atoms with van der Waals surface area (Å²) in [6, 6.07) is 5.37. The van der Waals surface area contributed by atoms with Crippen LogP contribution < -0.4 is 4.74 Å². The van der Waals surface area contributed by atoms with Gasteiger partial charge < -0.3 is 14.9 Å². The summed E-state index contributed by atoms with van der Waals surface area (Å²) in [6.45, 7) is 3.98. The minimum atomic E-state index is -0.751. The molecule has 1 fully saturated rings. The zero-order valence-corrected chi connectivity index (χ0v) is 10.3. The van der Waals surface area contributed by atoms with E-state index in [1.54, 1.807) is 6.07 Å². The zero-order valence-electron chi connectivity index (χ0n) is 10.3. The van der Waals surface area contributed by atoms with Crippen molar-refractivity contribution in [3.05, 3.63) is 23.8 Å². The summed E-state index contributed by atoms with van der Waals surface area (Å²) < 4.78 is 5.31. The Bertz CT molecular complexity index is 441. The molecule has 1 aliphatic rings. The Morgan fingerprint density at radius 3 is 2.83 bits per heavy atom. The van der Waals surface area contributed by atoms with Crippen molar-refractivity contribution < 1.29 is 19.7 Å². The van der Waals surface area contributed by atoms with Gasteiger partial charge in [-0.05, 0) is 13.0 Å². The van der Waals surface area contributed by atoms with Crippen molar-refractivity contribution in [3.63, 3.8) is 0 Å². The molecule has 0 amide bonds. The molecule has 1 heterocycles. The first kappa shape index (κ1) is 12.7. The lowest BCUT2D eigenvalue weighted by Crippen LogP contribution is -2.49. The van der Waals surface area contributed by atoms with Crippen LogP contribution >= 0.6 is 0 Å². The van der Waals surface area contributed by atoms with Gasteiger partial charge in [-0.25, -0.2) is 0 Å². The number of rotatable bonds is 5. The number of hydrogen-bond acceptors (Lipinski definition) is 4. The molecule has 0 bridgehead atoms. The van der Waals surface area contributed by atoms with Gasteiger partial charge in [0.1, 0.15) is 0 Å². The van der Waals surface area contributed by atoms with Crippen molar-refractivity contribution in [2.24, 2.45) is 5.92 Å². The maximum absolute atomic E-state index is 10.7. The molecule has 0 radical (unpaired) electrons. The van der Waals surface area contributed by atoms with Gasteiger partial charge in [0, 0.05) is 25.2 Å². The second-order valence-corrected chi connectivity index (χ2v) is 4.43. The van der Waals surface area contributed by atoms with E-state index in [1.165, 1.54) is 0 Å². The molecule has 0 spiro atoms. The van der Waals surface area contributed by atoms with Crippen LogP contribution in [0.15, 0.2) is 18.2 Å². The van der Waals surface area contributed by atoms with Crippen LogP contribution in [0, 0.1) is 5.92 Å². The van der Waals surface area contributed by atoms with E-state index in [2.05, 4.69) is 0 Å². The molecule has 0 aromatic heterocycles. The average molecular weight is 251 g/mol. The van der Waals surface area contributed by atoms with Crippen LogP contribution in [0.4, 0.5) is 0 Å². The van der Waals surface area contributed by atoms with Gasteiger partial charge in [0.15, 0.2) is 11.5 Å². The van der Waals surface area contributed by atoms with Crippen LogP contribution in [0.2, 0.25) is 0 Å². The Hall–Kier alpha value is -1.75. The van der Waals surface area contributed by atoms with Crippen molar-refractivity contribution in [3.8, 4) is 11.5 Å². The summed E-state index contributed by atoms with van der Waals surface area (Å²) in [6.07, 6.45) is 0. The summed E-state index contributed by atoms with van der Waals surface area (Å²) in [7, 11) is 0. The van der Waals surface area contributed by atoms with Crippen molar-refractivity contribution in [2.45, 2.75) is 13.5 Å². The summed E-state index contributed by atoms with van der Waals surface area (Å²) in [5, 5.41) is 18.8. The standard InChI is InChI=1S/C13H17NO4/c1-2-18-11-5-3-4-9(12(11)15)6-14-7-10(8-14)13(16)17/h3-5,10,15H,2,6-8H2,1H3,(H,16,17). The number of aliphatic carboxylic acids is 1. The summed E-state index contributed by atoms with van der Waals surface area (Å²) in [5.74, 6) is -0.399. The summed E-state index contributed by atoms with van der Waals surface area (Å²) in [5.41, 5.74) is 0.768. The number of aromatic hydroxyl groups is 1. The highest BCUT2D eigenvalue weighted by Gasteiger charge is 2.32. The molecular weight excluding hydrogens is 234 g/mol. The van der Waals surface area contributed by atoms with Crippen LogP contribution in [0.25, 0.3) is 0 Å². The number of carboxylic acid groups (broad SMARTS) is 1. The second kappa shape index (κ2) is 5.27. The molecule has 0 saturated carbocycles. The third kappa shape index (κ3) is 2.56. The van der Waals surface area contributed by atoms with Gasteiger partial charge in [0.2, 0.25) is 0 Å². The van der Waals surface area contributed by atoms with Gasteiger partial charge in [0.25, 0.3) is 0 Å². The first-order valence-electron chi connectivity index (χ1n) is 6.00. The van der Waals surface area contributed by atoms with Crippen LogP contribution in [0.3, 0.4) is 0 Å². The lowest BCUT2D eigenvalue weighted by atomic mass is 9.99. The minimum absolute atomic E-state index is 0.151. The molecule has 0 unspecified atom stereocenters. The minimum Gasteiger partial charge on any atom is -0.504 e. The van der Waals surface area contributed by atoms with Gasteiger partial charge in [-0.15, -0.1) is 0 Å². The predicted octanol–water partition coefficient (Wildman–Crippen LogP) is 1.31. The molecule has 5 heteroatoms. The lowest BCUT2D eigenvalue weighted by Gasteiger charge is -2.36. The molecule has 1 aromatic rings. The van der Waals surface area contributed by atoms with Crippen LogP contribution in [0.1, 0.15) is 12.5 Å². The molecule has 1 aliphatic heterocycles. The van der Waals surface area contributed by atoms with Crippen molar-refractivity contribution >= 4 is 5.97 Å². The van der Waals surface area contributed by atoms with Crippen molar-refractivity contribution in [2.75, 3.05) is 19.7 Å². The Morgan fingerprint density at radius 1 is 1.50 bits per heavy atom. The highest BCUT2D eigenvalue weighted by Crippen LogP contribution is 2.32. The Labute approximate surface area is 106 Å². The fourth-order valence-electron chi connectivity index (χ4n) is 2.06. The molecular formula is C13H17NO4. The van der Waals surface area contributed by atoms with E-state index < -0.39 is 5.97 Å². The van der Waals surface area contributed by atoms with Gasteiger partial charge in [-0.2, -0.15) is 0 Å². The first-order valence-corrected chi connectivity index (χ1v) is 6.00. The molecule has 2 rings (SSSR count). The molecule has 0 atom stereocenters. The molecule has 18 heavy (non-hydrogen) atoms. The highest BCUT2D eigenvalue weighted by molar-refractivity contribution is 5.71. The van der Waals surface area contributed by atoms with E-state index in [0.29, 0.717) is 32.0 Å². The lowest BCUT2D eigenvalue weighted by molar-refractivity contribution is -0.147. The molecule has 0 aliphatic carbocycles. The average Bonchev–Trinajstić information content (AvgIpc) is 2.27. The van der Waals surface area contributed by atoms with Gasteiger partial charge in [-0.1, -0.05) is 12.1 Å². The van der Waals surface area contributed by atoms with Gasteiger partial charge >= 0.3 is 5.97 Å². The third-order valence-corrected chi connectivity index (χ3v) is 3.08. The van der Waals surface area contributed by atoms with E-state index in [9.17, 15) is 9.90 Å². The second-order valence-electron chi connectivity index (χ2n) is 4.43. The topological polar surface area (TPSA) is 70.0 Å². The third-order valence-electron chi connectivity index (χ3n) is 3.08.